The van der Waals surface area contributed by atoms with Gasteiger partial charge in [0.25, 0.3) is 6.71 Å². The fraction of sp³-hybridized carbons (Fsp3) is 0.373. The molecule has 1 fully saturated rings. The molecule has 3 nitrogen and oxygen atoms in total. The Hall–Kier alpha value is -6.00. The van der Waals surface area contributed by atoms with Crippen LogP contribution in [0.1, 0.15) is 156 Å². The molecular weight excluding hydrogens is 858 g/mol. The quantitative estimate of drug-likeness (QED) is 0.163. The number of nitrogens with zero attached hydrogens (tertiary/aromatic N) is 3. The van der Waals surface area contributed by atoms with Crippen LogP contribution in [0.3, 0.4) is 0 Å². The third-order valence-corrected chi connectivity index (χ3v) is 17.5. The molecule has 2 atom stereocenters. The molecule has 0 radical (unpaired) electrons. The zero-order valence-corrected chi connectivity index (χ0v) is 45.5. The average molecular weight is 934 g/mol. The Balaban J connectivity index is 1.14. The highest BCUT2D eigenvalue weighted by molar-refractivity contribution is 7.00. The van der Waals surface area contributed by atoms with E-state index in [-0.39, 0.29) is 39.3 Å². The Kier molecular flexibility index (Phi) is 10.7. The predicted molar refractivity (Wildman–Crippen MR) is 308 cm³/mol. The van der Waals surface area contributed by atoms with Crippen molar-refractivity contribution in [1.82, 2.24) is 0 Å². The van der Waals surface area contributed by atoms with Crippen molar-refractivity contribution >= 4 is 68.6 Å². The molecule has 3 heterocycles. The number of anilines is 8. The van der Waals surface area contributed by atoms with Gasteiger partial charge in [0.2, 0.25) is 0 Å². The molecule has 4 aliphatic rings. The Morgan fingerprint density at radius 3 is 1.42 bits per heavy atom. The van der Waals surface area contributed by atoms with E-state index < -0.39 is 0 Å². The zero-order valence-electron chi connectivity index (χ0n) is 45.5. The molecule has 362 valence electrons. The lowest BCUT2D eigenvalue weighted by atomic mass is 9.33. The van der Waals surface area contributed by atoms with Crippen molar-refractivity contribution in [3.63, 3.8) is 0 Å². The lowest BCUT2D eigenvalue weighted by molar-refractivity contribution is 0.195. The van der Waals surface area contributed by atoms with Gasteiger partial charge in [-0.15, -0.1) is 0 Å². The van der Waals surface area contributed by atoms with Gasteiger partial charge in [-0.1, -0.05) is 176 Å². The molecule has 4 heteroatoms. The highest BCUT2D eigenvalue weighted by Gasteiger charge is 2.58. The van der Waals surface area contributed by atoms with Crippen molar-refractivity contribution in [3.05, 3.63) is 173 Å². The minimum atomic E-state index is -0.103. The average Bonchev–Trinajstić information content (AvgIpc) is 3.52. The molecule has 0 N–H and O–H groups in total. The monoisotopic (exact) mass is 934 g/mol. The first-order chi connectivity index (χ1) is 33.4. The summed E-state index contributed by atoms with van der Waals surface area (Å²) >= 11 is 0. The van der Waals surface area contributed by atoms with E-state index in [1.807, 2.05) is 0 Å². The van der Waals surface area contributed by atoms with Crippen LogP contribution in [0.5, 0.6) is 0 Å². The van der Waals surface area contributed by atoms with E-state index >= 15 is 0 Å². The Labute approximate surface area is 427 Å². The number of rotatable bonds is 4. The maximum absolute atomic E-state index is 2.78. The van der Waals surface area contributed by atoms with Crippen LogP contribution in [0.2, 0.25) is 0 Å². The van der Waals surface area contributed by atoms with Crippen LogP contribution in [0.25, 0.3) is 11.1 Å². The van der Waals surface area contributed by atoms with Gasteiger partial charge in [-0.2, -0.15) is 0 Å². The molecule has 7 aromatic carbocycles. The Morgan fingerprint density at radius 2 is 0.873 bits per heavy atom. The van der Waals surface area contributed by atoms with Crippen LogP contribution in [0.4, 0.5) is 45.5 Å². The summed E-state index contributed by atoms with van der Waals surface area (Å²) in [7, 11) is 0. The summed E-state index contributed by atoms with van der Waals surface area (Å²) in [5, 5.41) is 0. The molecule has 7 aromatic rings. The SMILES string of the molecule is Cc1cc2c3c(c1)N(c1ccc(C(C)(C)C)cc1)c1cc(N4c5ccc(-c6ccc(C(C)(C)C)cc6)cc5C5(C)CCCCC45C)ccc1B3c1cc(C(C)(C)C)ccc1N2c1ccc(C(C)(C)C)cc1. The normalized spacial score (nSPS) is 19.5. The van der Waals surface area contributed by atoms with Crippen LogP contribution in [-0.2, 0) is 27.1 Å². The van der Waals surface area contributed by atoms with E-state index in [2.05, 4.69) is 258 Å². The van der Waals surface area contributed by atoms with Gasteiger partial charge in [0.05, 0.1) is 5.54 Å². The van der Waals surface area contributed by atoms with Crippen LogP contribution in [0.15, 0.2) is 140 Å². The van der Waals surface area contributed by atoms with Crippen molar-refractivity contribution in [2.24, 2.45) is 0 Å². The number of hydrogen-bond acceptors (Lipinski definition) is 3. The van der Waals surface area contributed by atoms with Crippen molar-refractivity contribution < 1.29 is 0 Å². The van der Waals surface area contributed by atoms with E-state index in [4.69, 9.17) is 0 Å². The smallest absolute Gasteiger partial charge is 0.252 e. The van der Waals surface area contributed by atoms with Gasteiger partial charge < -0.3 is 14.7 Å². The summed E-state index contributed by atoms with van der Waals surface area (Å²) in [6, 6.07) is 55.4. The fourth-order valence-corrected chi connectivity index (χ4v) is 13.0. The minimum absolute atomic E-state index is 0.0147. The third kappa shape index (κ3) is 7.51. The van der Waals surface area contributed by atoms with E-state index in [0.29, 0.717) is 0 Å². The molecule has 3 aliphatic heterocycles. The summed E-state index contributed by atoms with van der Waals surface area (Å²) in [6.45, 7) is 35.3. The van der Waals surface area contributed by atoms with Crippen molar-refractivity contribution in [1.29, 1.82) is 0 Å². The topological polar surface area (TPSA) is 9.72 Å². The summed E-state index contributed by atoms with van der Waals surface area (Å²) < 4.78 is 0. The molecule has 0 saturated heterocycles. The lowest BCUT2D eigenvalue weighted by Crippen LogP contribution is -2.61. The van der Waals surface area contributed by atoms with E-state index in [1.54, 1.807) is 0 Å². The summed E-state index contributed by atoms with van der Waals surface area (Å²) in [5.74, 6) is 0. The first-order valence-corrected chi connectivity index (χ1v) is 26.7. The van der Waals surface area contributed by atoms with Crippen LogP contribution in [0, 0.1) is 6.92 Å². The Bertz CT molecular complexity index is 3220. The second-order valence-electron chi connectivity index (χ2n) is 26.4. The molecular formula is C67H76BN3. The van der Waals surface area contributed by atoms with Gasteiger partial charge in [0.15, 0.2) is 0 Å². The van der Waals surface area contributed by atoms with E-state index in [1.165, 1.54) is 126 Å². The molecule has 1 saturated carbocycles. The zero-order chi connectivity index (χ0) is 50.4. The highest BCUT2D eigenvalue weighted by Crippen LogP contribution is 2.62. The molecule has 0 bridgehead atoms. The van der Waals surface area contributed by atoms with Gasteiger partial charge in [-0.25, -0.2) is 0 Å². The molecule has 2 unspecified atom stereocenters. The van der Waals surface area contributed by atoms with Gasteiger partial charge >= 0.3 is 0 Å². The molecule has 11 rings (SSSR count). The van der Waals surface area contributed by atoms with Crippen LogP contribution >= 0.6 is 0 Å². The highest BCUT2D eigenvalue weighted by atomic mass is 15.3. The maximum atomic E-state index is 2.78. The molecule has 0 amide bonds. The minimum Gasteiger partial charge on any atom is -0.334 e. The van der Waals surface area contributed by atoms with E-state index in [0.717, 1.165) is 6.42 Å². The van der Waals surface area contributed by atoms with Crippen molar-refractivity contribution in [3.8, 4) is 11.1 Å². The van der Waals surface area contributed by atoms with Gasteiger partial charge in [-0.05, 0) is 176 Å². The number of hydrogen-bond donors (Lipinski definition) is 0. The van der Waals surface area contributed by atoms with Gasteiger partial charge in [0.1, 0.15) is 0 Å². The van der Waals surface area contributed by atoms with Crippen LogP contribution in [-0.4, -0.2) is 12.3 Å². The first kappa shape index (κ1) is 47.3. The largest absolute Gasteiger partial charge is 0.334 e. The number of benzene rings is 7. The van der Waals surface area contributed by atoms with Crippen LogP contribution < -0.4 is 31.1 Å². The molecule has 0 spiro atoms. The van der Waals surface area contributed by atoms with E-state index in [9.17, 15) is 0 Å². The third-order valence-electron chi connectivity index (χ3n) is 17.5. The standard InChI is InChI=1S/C67H76BN3/c1-43-38-59-61-60(39-43)70(51-30-25-48(26-31-51)64(8,9)10)58-42-52(71-56-34-20-45(44-18-21-46(22-19-44)62(2,3)4)40-53(56)66(14)36-16-17-37-67(66,71)15)32-33-54(58)68(61)55-41-49(65(11,12)13)27-35-57(55)69(59)50-28-23-47(24-29-50)63(5,6)7/h18-35,38-42H,16-17,36-37H2,1-15H3. The maximum Gasteiger partial charge on any atom is 0.252 e. The fourth-order valence-electron chi connectivity index (χ4n) is 13.0. The van der Waals surface area contributed by atoms with Gasteiger partial charge in [0, 0.05) is 50.9 Å². The lowest BCUT2D eigenvalue weighted by Gasteiger charge is -2.50. The van der Waals surface area contributed by atoms with Gasteiger partial charge in [-0.3, -0.25) is 0 Å². The Morgan fingerprint density at radius 1 is 0.408 bits per heavy atom. The van der Waals surface area contributed by atoms with Crippen molar-refractivity contribution in [2.45, 2.75) is 162 Å². The second-order valence-corrected chi connectivity index (χ2v) is 26.4. The number of aryl methyl sites for hydroxylation is 1. The number of fused-ring (bicyclic) bond motifs is 7. The molecule has 1 aliphatic carbocycles. The molecule has 0 aromatic heterocycles. The summed E-state index contributed by atoms with van der Waals surface area (Å²) in [5.41, 5.74) is 25.0. The predicted octanol–water partition coefficient (Wildman–Crippen LogP) is 16.7. The summed E-state index contributed by atoms with van der Waals surface area (Å²) in [6.07, 6.45) is 4.80. The first-order valence-electron chi connectivity index (χ1n) is 26.7. The van der Waals surface area contributed by atoms with Crippen molar-refractivity contribution in [2.75, 3.05) is 14.7 Å². The summed E-state index contributed by atoms with van der Waals surface area (Å²) in [4.78, 5) is 7.97. The second kappa shape index (κ2) is 16.0. The molecule has 71 heavy (non-hydrogen) atoms.